The third kappa shape index (κ3) is 5.21. The maximum Gasteiger partial charge on any atom is 0.230 e. The number of rotatable bonds is 7. The standard InChI is InChI=1S/C21H21FN4O2S/c22-14-7-9-15(10-8-14)24-20-17-5-1-2-6-18(17)25-21(26-20)29-13-19(27)23-12-16-4-3-11-28-16/h1-2,5-10,16H,3-4,11-13H2,(H,23,27)(H,24,25,26)/t16-/m0/s1. The van der Waals surface area contributed by atoms with Crippen molar-refractivity contribution in [1.82, 2.24) is 15.3 Å². The highest BCUT2D eigenvalue weighted by atomic mass is 32.2. The maximum atomic E-state index is 13.2. The van der Waals surface area contributed by atoms with E-state index >= 15 is 0 Å². The van der Waals surface area contributed by atoms with E-state index in [4.69, 9.17) is 4.74 Å². The van der Waals surface area contributed by atoms with Crippen LogP contribution < -0.4 is 10.6 Å². The summed E-state index contributed by atoms with van der Waals surface area (Å²) in [6.45, 7) is 1.30. The van der Waals surface area contributed by atoms with Gasteiger partial charge in [0.05, 0.1) is 17.4 Å². The fraction of sp³-hybridized carbons (Fsp3) is 0.286. The van der Waals surface area contributed by atoms with Crippen LogP contribution >= 0.6 is 11.8 Å². The Morgan fingerprint density at radius 1 is 1.17 bits per heavy atom. The average molecular weight is 412 g/mol. The fourth-order valence-electron chi connectivity index (χ4n) is 3.10. The van der Waals surface area contributed by atoms with Gasteiger partial charge in [0.2, 0.25) is 5.91 Å². The number of anilines is 2. The van der Waals surface area contributed by atoms with Crippen LogP contribution in [-0.2, 0) is 9.53 Å². The molecule has 1 amide bonds. The summed E-state index contributed by atoms with van der Waals surface area (Å²) in [5.41, 5.74) is 1.50. The lowest BCUT2D eigenvalue weighted by molar-refractivity contribution is -0.119. The Kier molecular flexibility index (Phi) is 6.21. The number of amides is 1. The smallest absolute Gasteiger partial charge is 0.230 e. The first-order chi connectivity index (χ1) is 14.2. The monoisotopic (exact) mass is 412 g/mol. The predicted molar refractivity (Wildman–Crippen MR) is 112 cm³/mol. The second-order valence-electron chi connectivity index (χ2n) is 6.73. The van der Waals surface area contributed by atoms with Gasteiger partial charge in [-0.2, -0.15) is 0 Å². The third-order valence-electron chi connectivity index (χ3n) is 4.57. The molecule has 1 aromatic heterocycles. The van der Waals surface area contributed by atoms with E-state index in [9.17, 15) is 9.18 Å². The summed E-state index contributed by atoms with van der Waals surface area (Å²) < 4.78 is 18.7. The number of nitrogens with zero attached hydrogens (tertiary/aromatic N) is 2. The van der Waals surface area contributed by atoms with Gasteiger partial charge >= 0.3 is 0 Å². The molecule has 0 unspecified atom stereocenters. The minimum absolute atomic E-state index is 0.0738. The third-order valence-corrected chi connectivity index (χ3v) is 5.42. The number of para-hydroxylation sites is 1. The number of benzene rings is 2. The van der Waals surface area contributed by atoms with Gasteiger partial charge in [-0.1, -0.05) is 23.9 Å². The molecule has 0 saturated carbocycles. The average Bonchev–Trinajstić information content (AvgIpc) is 3.26. The van der Waals surface area contributed by atoms with Gasteiger partial charge in [0, 0.05) is 24.2 Å². The van der Waals surface area contributed by atoms with Gasteiger partial charge in [-0.25, -0.2) is 14.4 Å². The summed E-state index contributed by atoms with van der Waals surface area (Å²) in [6.07, 6.45) is 2.15. The van der Waals surface area contributed by atoms with E-state index in [1.807, 2.05) is 24.3 Å². The first-order valence-electron chi connectivity index (χ1n) is 9.48. The quantitative estimate of drug-likeness (QED) is 0.453. The van der Waals surface area contributed by atoms with Crippen LogP contribution in [0.15, 0.2) is 53.7 Å². The normalized spacial score (nSPS) is 16.1. The predicted octanol–water partition coefficient (Wildman–Crippen LogP) is 3.90. The number of fused-ring (bicyclic) bond motifs is 1. The Morgan fingerprint density at radius 2 is 2.00 bits per heavy atom. The molecule has 0 aliphatic carbocycles. The number of carbonyl (C=O) groups is 1. The summed E-state index contributed by atoms with van der Waals surface area (Å²) in [5, 5.41) is 7.47. The molecule has 4 rings (SSSR count). The molecule has 150 valence electrons. The number of nitrogens with one attached hydrogen (secondary N) is 2. The summed E-state index contributed by atoms with van der Waals surface area (Å²) in [6, 6.07) is 13.7. The van der Waals surface area contributed by atoms with Gasteiger partial charge in [0.15, 0.2) is 5.16 Å². The molecule has 1 aliphatic rings. The van der Waals surface area contributed by atoms with Gasteiger partial charge in [-0.05, 0) is 49.2 Å². The highest BCUT2D eigenvalue weighted by Crippen LogP contribution is 2.27. The Balaban J connectivity index is 1.46. The first kappa shape index (κ1) is 19.6. The van der Waals surface area contributed by atoms with E-state index in [0.717, 1.165) is 36.0 Å². The number of halogens is 1. The van der Waals surface area contributed by atoms with E-state index in [2.05, 4.69) is 20.6 Å². The zero-order chi connectivity index (χ0) is 20.1. The van der Waals surface area contributed by atoms with Crippen LogP contribution in [0.25, 0.3) is 10.9 Å². The topological polar surface area (TPSA) is 76.1 Å². The second kappa shape index (κ2) is 9.19. The zero-order valence-corrected chi connectivity index (χ0v) is 16.5. The van der Waals surface area contributed by atoms with Gasteiger partial charge in [-0.3, -0.25) is 4.79 Å². The molecule has 2 N–H and O–H groups in total. The van der Waals surface area contributed by atoms with Crippen molar-refractivity contribution in [2.75, 3.05) is 24.2 Å². The van der Waals surface area contributed by atoms with Gasteiger partial charge < -0.3 is 15.4 Å². The van der Waals surface area contributed by atoms with Crippen LogP contribution in [0.2, 0.25) is 0 Å². The van der Waals surface area contributed by atoms with E-state index in [0.29, 0.717) is 17.5 Å². The summed E-state index contributed by atoms with van der Waals surface area (Å²) >= 11 is 1.28. The van der Waals surface area contributed by atoms with E-state index in [1.54, 1.807) is 12.1 Å². The minimum Gasteiger partial charge on any atom is -0.376 e. The highest BCUT2D eigenvalue weighted by molar-refractivity contribution is 7.99. The molecule has 1 aliphatic heterocycles. The lowest BCUT2D eigenvalue weighted by Gasteiger charge is -2.12. The number of carbonyl (C=O) groups excluding carboxylic acids is 1. The van der Waals surface area contributed by atoms with Crippen molar-refractivity contribution in [2.45, 2.75) is 24.1 Å². The molecule has 3 aromatic rings. The lowest BCUT2D eigenvalue weighted by Crippen LogP contribution is -2.32. The van der Waals surface area contributed by atoms with Crippen LogP contribution in [0.4, 0.5) is 15.9 Å². The van der Waals surface area contributed by atoms with Crippen LogP contribution in [0.1, 0.15) is 12.8 Å². The van der Waals surface area contributed by atoms with E-state index in [-0.39, 0.29) is 23.6 Å². The molecule has 6 nitrogen and oxygen atoms in total. The van der Waals surface area contributed by atoms with E-state index in [1.165, 1.54) is 23.9 Å². The van der Waals surface area contributed by atoms with Gasteiger partial charge in [0.1, 0.15) is 11.6 Å². The van der Waals surface area contributed by atoms with Crippen LogP contribution in [-0.4, -0.2) is 40.9 Å². The van der Waals surface area contributed by atoms with Crippen LogP contribution in [0.3, 0.4) is 0 Å². The lowest BCUT2D eigenvalue weighted by atomic mass is 10.2. The molecule has 1 saturated heterocycles. The Labute approximate surface area is 172 Å². The Hall–Kier alpha value is -2.71. The van der Waals surface area contributed by atoms with E-state index < -0.39 is 0 Å². The molecule has 0 spiro atoms. The maximum absolute atomic E-state index is 13.2. The fourth-order valence-corrected chi connectivity index (χ4v) is 3.78. The molecular formula is C21H21FN4O2S. The van der Waals surface area contributed by atoms with Crippen molar-refractivity contribution in [3.8, 4) is 0 Å². The molecule has 8 heteroatoms. The van der Waals surface area contributed by atoms with Crippen molar-refractivity contribution < 1.29 is 13.9 Å². The summed E-state index contributed by atoms with van der Waals surface area (Å²) in [5.74, 6) is 0.467. The molecule has 1 atom stereocenters. The Morgan fingerprint density at radius 3 is 2.79 bits per heavy atom. The largest absolute Gasteiger partial charge is 0.376 e. The number of hydrogen-bond acceptors (Lipinski definition) is 6. The molecule has 29 heavy (non-hydrogen) atoms. The van der Waals surface area contributed by atoms with Gasteiger partial charge in [-0.15, -0.1) is 0 Å². The van der Waals surface area contributed by atoms with Crippen molar-refractivity contribution in [1.29, 1.82) is 0 Å². The van der Waals surface area contributed by atoms with Gasteiger partial charge in [0.25, 0.3) is 0 Å². The molecule has 2 aromatic carbocycles. The van der Waals surface area contributed by atoms with Crippen LogP contribution in [0, 0.1) is 5.82 Å². The second-order valence-corrected chi connectivity index (χ2v) is 7.67. The highest BCUT2D eigenvalue weighted by Gasteiger charge is 2.16. The molecule has 2 heterocycles. The summed E-state index contributed by atoms with van der Waals surface area (Å²) in [4.78, 5) is 21.3. The molecular weight excluding hydrogens is 391 g/mol. The minimum atomic E-state index is -0.298. The summed E-state index contributed by atoms with van der Waals surface area (Å²) in [7, 11) is 0. The first-order valence-corrected chi connectivity index (χ1v) is 10.5. The SMILES string of the molecule is O=C(CSc1nc(Nc2ccc(F)cc2)c2ccccc2n1)NC[C@@H]1CCCO1. The zero-order valence-electron chi connectivity index (χ0n) is 15.7. The van der Waals surface area contributed by atoms with Crippen molar-refractivity contribution >= 4 is 40.1 Å². The molecule has 0 radical (unpaired) electrons. The number of aromatic nitrogens is 2. The number of thioether (sulfide) groups is 1. The molecule has 0 bridgehead atoms. The van der Waals surface area contributed by atoms with Crippen LogP contribution in [0.5, 0.6) is 0 Å². The van der Waals surface area contributed by atoms with Crippen molar-refractivity contribution in [2.24, 2.45) is 0 Å². The Bertz CT molecular complexity index is 994. The number of ether oxygens (including phenoxy) is 1. The van der Waals surface area contributed by atoms with Crippen molar-refractivity contribution in [3.63, 3.8) is 0 Å². The molecule has 1 fully saturated rings. The van der Waals surface area contributed by atoms with Crippen molar-refractivity contribution in [3.05, 3.63) is 54.3 Å². The number of hydrogen-bond donors (Lipinski definition) is 2.